The van der Waals surface area contributed by atoms with E-state index in [9.17, 15) is 14.0 Å². The van der Waals surface area contributed by atoms with Crippen molar-refractivity contribution in [2.75, 3.05) is 33.4 Å². The van der Waals surface area contributed by atoms with E-state index in [1.54, 1.807) is 36.4 Å². The highest BCUT2D eigenvalue weighted by Gasteiger charge is 2.17. The number of amides is 1. The van der Waals surface area contributed by atoms with Crippen LogP contribution in [-0.4, -0.2) is 45.2 Å². The summed E-state index contributed by atoms with van der Waals surface area (Å²) in [6.45, 7) is 2.35. The summed E-state index contributed by atoms with van der Waals surface area (Å²) in [6.07, 6.45) is 1.92. The highest BCUT2D eigenvalue weighted by atomic mass is 35.5. The Morgan fingerprint density at radius 1 is 1.23 bits per heavy atom. The molecule has 0 bridgehead atoms. The van der Waals surface area contributed by atoms with Gasteiger partial charge in [0.25, 0.3) is 5.91 Å². The maximum absolute atomic E-state index is 14.1. The van der Waals surface area contributed by atoms with E-state index in [2.05, 4.69) is 15.4 Å². The first kappa shape index (κ1) is 23.6. The summed E-state index contributed by atoms with van der Waals surface area (Å²) >= 11 is 0. The lowest BCUT2D eigenvalue weighted by molar-refractivity contribution is 0.0600. The number of nitrogens with one attached hydrogen (secondary N) is 2. The van der Waals surface area contributed by atoms with Gasteiger partial charge in [0.15, 0.2) is 0 Å². The topological polar surface area (TPSA) is 76.7 Å². The average Bonchev–Trinajstić information content (AvgIpc) is 3.25. The first-order chi connectivity index (χ1) is 14.1. The molecule has 30 heavy (non-hydrogen) atoms. The van der Waals surface area contributed by atoms with Crippen LogP contribution in [-0.2, 0) is 11.2 Å². The Bertz CT molecular complexity index is 872. The molecule has 0 aromatic heterocycles. The van der Waals surface area contributed by atoms with Crippen LogP contribution in [0.25, 0.3) is 0 Å². The minimum absolute atomic E-state index is 0. The quantitative estimate of drug-likeness (QED) is 0.491. The molecule has 2 aromatic carbocycles. The molecule has 8 heteroatoms. The second kappa shape index (κ2) is 11.5. The molecular formula is C22H26ClFN2O4. The lowest BCUT2D eigenvalue weighted by atomic mass is 9.97. The van der Waals surface area contributed by atoms with Gasteiger partial charge in [0.1, 0.15) is 18.2 Å². The van der Waals surface area contributed by atoms with E-state index in [0.717, 1.165) is 31.5 Å². The summed E-state index contributed by atoms with van der Waals surface area (Å²) < 4.78 is 24.3. The molecule has 1 heterocycles. The monoisotopic (exact) mass is 436 g/mol. The number of methoxy groups -OCH3 is 1. The van der Waals surface area contributed by atoms with E-state index < -0.39 is 17.7 Å². The summed E-state index contributed by atoms with van der Waals surface area (Å²) in [6, 6.07) is 11.3. The standard InChI is InChI=1S/C22H25FN2O4.ClH/c1-28-22(27)17-3-2-4-18(13-17)29-10-9-25-21(26)19-12-15(5-6-20(19)23)11-16-7-8-24-14-16;/h2-6,12-13,16,24H,7-11,14H2,1H3,(H,25,26);1H. The van der Waals surface area contributed by atoms with Gasteiger partial charge in [-0.3, -0.25) is 4.79 Å². The number of carbonyl (C=O) groups is 2. The maximum Gasteiger partial charge on any atom is 0.337 e. The van der Waals surface area contributed by atoms with Crippen molar-refractivity contribution < 1.29 is 23.5 Å². The number of benzene rings is 2. The zero-order valence-electron chi connectivity index (χ0n) is 16.8. The molecule has 1 unspecified atom stereocenters. The molecule has 1 atom stereocenters. The van der Waals surface area contributed by atoms with Crippen molar-refractivity contribution in [1.29, 1.82) is 0 Å². The largest absolute Gasteiger partial charge is 0.492 e. The zero-order valence-corrected chi connectivity index (χ0v) is 17.6. The number of rotatable bonds is 8. The summed E-state index contributed by atoms with van der Waals surface area (Å²) in [5.74, 6) is -0.457. The second-order valence-corrected chi connectivity index (χ2v) is 7.00. The molecule has 2 aromatic rings. The number of halogens is 2. The van der Waals surface area contributed by atoms with Crippen LogP contribution >= 0.6 is 12.4 Å². The molecule has 1 amide bonds. The summed E-state index contributed by atoms with van der Waals surface area (Å²) in [7, 11) is 1.31. The minimum Gasteiger partial charge on any atom is -0.492 e. The smallest absolute Gasteiger partial charge is 0.337 e. The van der Waals surface area contributed by atoms with Gasteiger partial charge in [-0.15, -0.1) is 12.4 Å². The second-order valence-electron chi connectivity index (χ2n) is 7.00. The third-order valence-corrected chi connectivity index (χ3v) is 4.87. The van der Waals surface area contributed by atoms with Crippen molar-refractivity contribution in [2.45, 2.75) is 12.8 Å². The van der Waals surface area contributed by atoms with Gasteiger partial charge in [-0.25, -0.2) is 9.18 Å². The number of hydrogen-bond donors (Lipinski definition) is 2. The lowest BCUT2D eigenvalue weighted by Crippen LogP contribution is -2.29. The van der Waals surface area contributed by atoms with Crippen molar-refractivity contribution in [2.24, 2.45) is 5.92 Å². The molecule has 3 rings (SSSR count). The molecule has 6 nitrogen and oxygen atoms in total. The van der Waals surface area contributed by atoms with Crippen LogP contribution < -0.4 is 15.4 Å². The summed E-state index contributed by atoms with van der Waals surface area (Å²) in [5.41, 5.74) is 1.38. The Morgan fingerprint density at radius 3 is 2.80 bits per heavy atom. The Hall–Kier alpha value is -2.64. The highest BCUT2D eigenvalue weighted by Crippen LogP contribution is 2.18. The van der Waals surface area contributed by atoms with Gasteiger partial charge in [-0.2, -0.15) is 0 Å². The summed E-state index contributed by atoms with van der Waals surface area (Å²) in [5, 5.41) is 5.98. The first-order valence-corrected chi connectivity index (χ1v) is 9.65. The van der Waals surface area contributed by atoms with E-state index in [0.29, 0.717) is 17.2 Å². The van der Waals surface area contributed by atoms with Gasteiger partial charge in [-0.05, 0) is 67.7 Å². The predicted octanol–water partition coefficient (Wildman–Crippen LogP) is 2.99. The third kappa shape index (κ3) is 6.43. The fourth-order valence-corrected chi connectivity index (χ4v) is 3.35. The van der Waals surface area contributed by atoms with Crippen molar-refractivity contribution in [1.82, 2.24) is 10.6 Å². The van der Waals surface area contributed by atoms with Gasteiger partial charge in [0.2, 0.25) is 0 Å². The molecular weight excluding hydrogens is 411 g/mol. The number of ether oxygens (including phenoxy) is 2. The van der Waals surface area contributed by atoms with Gasteiger partial charge in [0.05, 0.1) is 24.8 Å². The Morgan fingerprint density at radius 2 is 2.07 bits per heavy atom. The zero-order chi connectivity index (χ0) is 20.6. The van der Waals surface area contributed by atoms with Crippen LogP contribution in [0.5, 0.6) is 5.75 Å². The van der Waals surface area contributed by atoms with E-state index in [4.69, 9.17) is 4.74 Å². The molecule has 1 aliphatic heterocycles. The normalized spacial score (nSPS) is 15.2. The molecule has 0 spiro atoms. The summed E-state index contributed by atoms with van der Waals surface area (Å²) in [4.78, 5) is 23.9. The number of carbonyl (C=O) groups excluding carboxylic acids is 2. The molecule has 2 N–H and O–H groups in total. The molecule has 162 valence electrons. The van der Waals surface area contributed by atoms with Crippen LogP contribution in [0, 0.1) is 11.7 Å². The Balaban J connectivity index is 0.00000320. The van der Waals surface area contributed by atoms with E-state index >= 15 is 0 Å². The van der Waals surface area contributed by atoms with Gasteiger partial charge < -0.3 is 20.1 Å². The molecule has 1 fully saturated rings. The molecule has 1 aliphatic rings. The van der Waals surface area contributed by atoms with Crippen LogP contribution in [0.3, 0.4) is 0 Å². The average molecular weight is 437 g/mol. The van der Waals surface area contributed by atoms with Gasteiger partial charge in [-0.1, -0.05) is 12.1 Å². The fraction of sp³-hybridized carbons (Fsp3) is 0.364. The molecule has 0 radical (unpaired) electrons. The minimum atomic E-state index is -0.539. The van der Waals surface area contributed by atoms with E-state index in [1.807, 2.05) is 0 Å². The maximum atomic E-state index is 14.1. The Kier molecular flexibility index (Phi) is 9.08. The number of hydrogen-bond acceptors (Lipinski definition) is 5. The highest BCUT2D eigenvalue weighted by molar-refractivity contribution is 5.94. The van der Waals surface area contributed by atoms with Crippen LogP contribution in [0.4, 0.5) is 4.39 Å². The molecule has 0 saturated carbocycles. The molecule has 0 aliphatic carbocycles. The van der Waals surface area contributed by atoms with Gasteiger partial charge in [0, 0.05) is 0 Å². The predicted molar refractivity (Wildman–Crippen MR) is 114 cm³/mol. The first-order valence-electron chi connectivity index (χ1n) is 9.65. The van der Waals surface area contributed by atoms with Crippen molar-refractivity contribution >= 4 is 24.3 Å². The Labute approximate surface area is 181 Å². The third-order valence-electron chi connectivity index (χ3n) is 4.87. The number of esters is 1. The van der Waals surface area contributed by atoms with Crippen LogP contribution in [0.15, 0.2) is 42.5 Å². The van der Waals surface area contributed by atoms with Crippen LogP contribution in [0.2, 0.25) is 0 Å². The van der Waals surface area contributed by atoms with Crippen molar-refractivity contribution in [3.05, 3.63) is 65.0 Å². The van der Waals surface area contributed by atoms with Crippen LogP contribution in [0.1, 0.15) is 32.7 Å². The van der Waals surface area contributed by atoms with E-state index in [1.165, 1.54) is 13.2 Å². The SMILES string of the molecule is COC(=O)c1cccc(OCCNC(=O)c2cc(CC3CCNC3)ccc2F)c1.Cl. The lowest BCUT2D eigenvalue weighted by Gasteiger charge is -2.12. The van der Waals surface area contributed by atoms with Crippen molar-refractivity contribution in [3.8, 4) is 5.75 Å². The van der Waals surface area contributed by atoms with Gasteiger partial charge >= 0.3 is 5.97 Å². The van der Waals surface area contributed by atoms with E-state index in [-0.39, 0.29) is 31.1 Å². The fourth-order valence-electron chi connectivity index (χ4n) is 3.35. The molecule has 1 saturated heterocycles. The van der Waals surface area contributed by atoms with Crippen molar-refractivity contribution in [3.63, 3.8) is 0 Å².